The summed E-state index contributed by atoms with van der Waals surface area (Å²) in [6, 6.07) is 11.1. The van der Waals surface area contributed by atoms with Crippen LogP contribution in [0.5, 0.6) is 5.75 Å². The zero-order chi connectivity index (χ0) is 22.8. The first-order valence-electron chi connectivity index (χ1n) is 10.7. The van der Waals surface area contributed by atoms with Crippen molar-refractivity contribution in [1.29, 1.82) is 0 Å². The fourth-order valence-electron chi connectivity index (χ4n) is 4.23. The molecule has 0 saturated heterocycles. The largest absolute Gasteiger partial charge is 0.497 e. The second-order valence-electron chi connectivity index (χ2n) is 8.22. The molecule has 0 aliphatic heterocycles. The van der Waals surface area contributed by atoms with Gasteiger partial charge in [0.05, 0.1) is 18.7 Å². The number of aromatic nitrogens is 1. The number of hydrogen-bond acceptors (Lipinski definition) is 5. The smallest absolute Gasteiger partial charge is 0.257 e. The van der Waals surface area contributed by atoms with Gasteiger partial charge in [-0.05, 0) is 75.4 Å². The lowest BCUT2D eigenvalue weighted by molar-refractivity contribution is -0.118. The highest BCUT2D eigenvalue weighted by Gasteiger charge is 2.31. The van der Waals surface area contributed by atoms with Crippen molar-refractivity contribution in [3.63, 3.8) is 0 Å². The van der Waals surface area contributed by atoms with Crippen molar-refractivity contribution in [2.75, 3.05) is 17.7 Å². The van der Waals surface area contributed by atoms with Crippen LogP contribution in [-0.2, 0) is 11.2 Å². The molecule has 2 N–H and O–H groups in total. The van der Waals surface area contributed by atoms with Crippen molar-refractivity contribution in [3.8, 4) is 5.75 Å². The van der Waals surface area contributed by atoms with Crippen LogP contribution < -0.4 is 15.4 Å². The molecule has 0 saturated carbocycles. The lowest BCUT2D eigenvalue weighted by Gasteiger charge is -2.22. The first-order valence-corrected chi connectivity index (χ1v) is 11.5. The molecule has 0 bridgehead atoms. The topological polar surface area (TPSA) is 80.3 Å². The van der Waals surface area contributed by atoms with Gasteiger partial charge < -0.3 is 10.1 Å². The number of benzene rings is 2. The van der Waals surface area contributed by atoms with Gasteiger partial charge in [0.2, 0.25) is 5.91 Å². The van der Waals surface area contributed by atoms with Crippen LogP contribution in [0.4, 0.5) is 10.8 Å². The molecule has 3 aromatic rings. The Morgan fingerprint density at radius 1 is 1.06 bits per heavy atom. The van der Waals surface area contributed by atoms with Crippen molar-refractivity contribution in [3.05, 3.63) is 69.2 Å². The van der Waals surface area contributed by atoms with E-state index in [1.54, 1.807) is 31.4 Å². The summed E-state index contributed by atoms with van der Waals surface area (Å²) in [5, 5.41) is 6.54. The van der Waals surface area contributed by atoms with Crippen LogP contribution in [0.25, 0.3) is 0 Å². The van der Waals surface area contributed by atoms with Crippen molar-refractivity contribution < 1.29 is 14.3 Å². The Hall–Kier alpha value is -3.19. The van der Waals surface area contributed by atoms with E-state index in [9.17, 15) is 9.59 Å². The average Bonchev–Trinajstić information content (AvgIpc) is 3.18. The average molecular weight is 450 g/mol. The van der Waals surface area contributed by atoms with Crippen molar-refractivity contribution >= 4 is 34.0 Å². The van der Waals surface area contributed by atoms with Gasteiger partial charge in [0.15, 0.2) is 5.13 Å². The van der Waals surface area contributed by atoms with Crippen molar-refractivity contribution in [2.45, 2.75) is 46.0 Å². The van der Waals surface area contributed by atoms with E-state index in [1.165, 1.54) is 16.9 Å². The molecule has 7 heteroatoms. The van der Waals surface area contributed by atoms with Crippen LogP contribution in [0, 0.1) is 20.8 Å². The normalized spacial score (nSPS) is 15.1. The highest BCUT2D eigenvalue weighted by molar-refractivity contribution is 7.16. The molecule has 1 aromatic heterocycles. The van der Waals surface area contributed by atoms with Gasteiger partial charge in [-0.3, -0.25) is 14.9 Å². The van der Waals surface area contributed by atoms with Crippen LogP contribution in [-0.4, -0.2) is 23.9 Å². The van der Waals surface area contributed by atoms with E-state index in [4.69, 9.17) is 4.74 Å². The summed E-state index contributed by atoms with van der Waals surface area (Å²) in [7, 11) is 1.59. The molecule has 2 amide bonds. The van der Waals surface area contributed by atoms with Gasteiger partial charge in [0, 0.05) is 16.1 Å². The number of carbonyl (C=O) groups is 2. The second-order valence-corrected chi connectivity index (χ2v) is 9.30. The zero-order valence-corrected chi connectivity index (χ0v) is 19.6. The molecule has 6 nitrogen and oxygen atoms in total. The SMILES string of the molecule is COc1ccc(C(=O)Nc2nc3c(s2)CCCC3C(=O)Nc2c(C)cc(C)cc2C)cc1. The van der Waals surface area contributed by atoms with Gasteiger partial charge >= 0.3 is 0 Å². The van der Waals surface area contributed by atoms with E-state index < -0.39 is 0 Å². The minimum Gasteiger partial charge on any atom is -0.497 e. The van der Waals surface area contributed by atoms with Gasteiger partial charge in [0.1, 0.15) is 5.75 Å². The van der Waals surface area contributed by atoms with Crippen LogP contribution in [0.1, 0.15) is 56.4 Å². The molecule has 0 spiro atoms. The van der Waals surface area contributed by atoms with E-state index in [0.717, 1.165) is 46.6 Å². The van der Waals surface area contributed by atoms with Gasteiger partial charge in [-0.25, -0.2) is 4.98 Å². The van der Waals surface area contributed by atoms with E-state index >= 15 is 0 Å². The van der Waals surface area contributed by atoms with Crippen LogP contribution >= 0.6 is 11.3 Å². The number of hydrogen-bond donors (Lipinski definition) is 2. The fraction of sp³-hybridized carbons (Fsp3) is 0.320. The first-order chi connectivity index (χ1) is 15.4. The molecule has 1 unspecified atom stereocenters. The lowest BCUT2D eigenvalue weighted by Crippen LogP contribution is -2.25. The number of carbonyl (C=O) groups excluding carboxylic acids is 2. The minimum atomic E-state index is -0.318. The molecule has 2 aromatic carbocycles. The fourth-order valence-corrected chi connectivity index (χ4v) is 5.29. The molecule has 166 valence electrons. The number of anilines is 2. The van der Waals surface area contributed by atoms with E-state index in [0.29, 0.717) is 16.4 Å². The molecule has 0 radical (unpaired) electrons. The number of nitrogens with one attached hydrogen (secondary N) is 2. The standard InChI is InChI=1S/C25H27N3O3S/c1-14-12-15(2)21(16(3)13-14)26-24(30)19-6-5-7-20-22(19)27-25(32-20)28-23(29)17-8-10-18(31-4)11-9-17/h8-13,19H,5-7H2,1-4H3,(H,26,30)(H,27,28,29). The number of rotatable bonds is 5. The summed E-state index contributed by atoms with van der Waals surface area (Å²) >= 11 is 1.45. The van der Waals surface area contributed by atoms with Gasteiger partial charge in [-0.15, -0.1) is 11.3 Å². The molecular weight excluding hydrogens is 422 g/mol. The second kappa shape index (κ2) is 9.12. The zero-order valence-electron chi connectivity index (χ0n) is 18.7. The number of ether oxygens (including phenoxy) is 1. The molecule has 1 atom stereocenters. The molecule has 32 heavy (non-hydrogen) atoms. The Balaban J connectivity index is 1.51. The monoisotopic (exact) mass is 449 g/mol. The Morgan fingerprint density at radius 2 is 1.75 bits per heavy atom. The third kappa shape index (κ3) is 4.53. The van der Waals surface area contributed by atoms with Crippen molar-refractivity contribution in [2.24, 2.45) is 0 Å². The number of nitrogens with zero attached hydrogens (tertiary/aromatic N) is 1. The van der Waals surface area contributed by atoms with Gasteiger partial charge in [0.25, 0.3) is 5.91 Å². The van der Waals surface area contributed by atoms with Crippen LogP contribution in [0.15, 0.2) is 36.4 Å². The highest BCUT2D eigenvalue weighted by atomic mass is 32.1. The Bertz CT molecular complexity index is 1140. The summed E-state index contributed by atoms with van der Waals surface area (Å²) in [6.07, 6.45) is 2.54. The maximum Gasteiger partial charge on any atom is 0.257 e. The molecule has 4 rings (SSSR count). The Labute approximate surface area is 192 Å². The number of thiazole rings is 1. The molecule has 1 heterocycles. The third-order valence-corrected chi connectivity index (χ3v) is 6.82. The van der Waals surface area contributed by atoms with E-state index in [-0.39, 0.29) is 17.7 Å². The first kappa shape index (κ1) is 22.0. The Morgan fingerprint density at radius 3 is 2.41 bits per heavy atom. The van der Waals surface area contributed by atoms with Crippen molar-refractivity contribution in [1.82, 2.24) is 4.98 Å². The van der Waals surface area contributed by atoms with Gasteiger partial charge in [-0.2, -0.15) is 0 Å². The summed E-state index contributed by atoms with van der Waals surface area (Å²) < 4.78 is 5.14. The number of methoxy groups -OCH3 is 1. The highest BCUT2D eigenvalue weighted by Crippen LogP contribution is 2.38. The summed E-state index contributed by atoms with van der Waals surface area (Å²) in [5.41, 5.74) is 5.46. The Kier molecular flexibility index (Phi) is 6.28. The van der Waals surface area contributed by atoms with Gasteiger partial charge in [-0.1, -0.05) is 17.7 Å². The quantitative estimate of drug-likeness (QED) is 0.547. The predicted molar refractivity (Wildman–Crippen MR) is 128 cm³/mol. The summed E-state index contributed by atoms with van der Waals surface area (Å²) in [6.45, 7) is 6.07. The van der Waals surface area contributed by atoms with E-state index in [2.05, 4.69) is 34.7 Å². The predicted octanol–water partition coefficient (Wildman–Crippen LogP) is 5.39. The molecular formula is C25H27N3O3S. The summed E-state index contributed by atoms with van der Waals surface area (Å²) in [4.78, 5) is 31.5. The number of aryl methyl sites for hydroxylation is 4. The minimum absolute atomic E-state index is 0.0423. The molecule has 1 aliphatic carbocycles. The van der Waals surface area contributed by atoms with Crippen LogP contribution in [0.2, 0.25) is 0 Å². The number of amides is 2. The maximum absolute atomic E-state index is 13.2. The maximum atomic E-state index is 13.2. The molecule has 1 aliphatic rings. The summed E-state index contributed by atoms with van der Waals surface area (Å²) in [5.74, 6) is 0.103. The number of fused-ring (bicyclic) bond motifs is 1. The third-order valence-electron chi connectivity index (χ3n) is 5.77. The van der Waals surface area contributed by atoms with Crippen LogP contribution in [0.3, 0.4) is 0 Å². The lowest BCUT2D eigenvalue weighted by atomic mass is 9.90. The molecule has 0 fully saturated rings. The van der Waals surface area contributed by atoms with E-state index in [1.807, 2.05) is 13.8 Å².